The summed E-state index contributed by atoms with van der Waals surface area (Å²) in [4.78, 5) is 14.6. The van der Waals surface area contributed by atoms with Crippen molar-refractivity contribution < 1.29 is 9.18 Å². The van der Waals surface area contributed by atoms with E-state index in [2.05, 4.69) is 0 Å². The summed E-state index contributed by atoms with van der Waals surface area (Å²) in [5, 5.41) is 0.654. The molecule has 26 heavy (non-hydrogen) atoms. The van der Waals surface area contributed by atoms with Gasteiger partial charge in [0.1, 0.15) is 5.82 Å². The Hall–Kier alpha value is -1.87. The lowest BCUT2D eigenvalue weighted by molar-refractivity contribution is -0.131. The Morgan fingerprint density at radius 1 is 1.08 bits per heavy atom. The third-order valence-electron chi connectivity index (χ3n) is 5.39. The zero-order valence-corrected chi connectivity index (χ0v) is 15.9. The number of halogens is 2. The van der Waals surface area contributed by atoms with Crippen LogP contribution in [-0.2, 0) is 4.79 Å². The van der Waals surface area contributed by atoms with Gasteiger partial charge in [0.05, 0.1) is 6.04 Å². The van der Waals surface area contributed by atoms with Crippen molar-refractivity contribution >= 4 is 17.5 Å². The Kier molecular flexibility index (Phi) is 6.31. The summed E-state index contributed by atoms with van der Waals surface area (Å²) >= 11 is 6.02. The van der Waals surface area contributed by atoms with Crippen LogP contribution in [0.15, 0.2) is 48.5 Å². The van der Waals surface area contributed by atoms with Crippen molar-refractivity contribution in [2.24, 2.45) is 5.92 Å². The van der Waals surface area contributed by atoms with Gasteiger partial charge in [0.25, 0.3) is 0 Å². The Balaban J connectivity index is 1.80. The Labute approximate surface area is 160 Å². The maximum Gasteiger partial charge on any atom is 0.223 e. The molecule has 2 aromatic carbocycles. The van der Waals surface area contributed by atoms with Gasteiger partial charge in [0.15, 0.2) is 0 Å². The molecule has 0 spiro atoms. The van der Waals surface area contributed by atoms with Crippen molar-refractivity contribution in [3.05, 3.63) is 70.5 Å². The second-order valence-corrected chi connectivity index (χ2v) is 7.64. The van der Waals surface area contributed by atoms with Crippen molar-refractivity contribution in [3.8, 4) is 0 Å². The fraction of sp³-hybridized carbons (Fsp3) is 0.409. The highest BCUT2D eigenvalue weighted by atomic mass is 35.5. The standard InChI is InChI=1S/C22H25ClFNO/c1-25(21(26)15-6-16-4-2-3-5-16)22(17-7-11-19(23)12-8-17)18-9-13-20(24)14-10-18/h7-14,16,22H,2-6,15H2,1H3. The molecule has 1 amide bonds. The molecule has 0 N–H and O–H groups in total. The second-order valence-electron chi connectivity index (χ2n) is 7.20. The summed E-state index contributed by atoms with van der Waals surface area (Å²) in [5.74, 6) is 0.534. The van der Waals surface area contributed by atoms with E-state index in [-0.39, 0.29) is 17.8 Å². The van der Waals surface area contributed by atoms with Crippen LogP contribution >= 0.6 is 11.6 Å². The minimum atomic E-state index is -0.279. The highest BCUT2D eigenvalue weighted by molar-refractivity contribution is 6.30. The molecular weight excluding hydrogens is 349 g/mol. The van der Waals surface area contributed by atoms with E-state index in [1.807, 2.05) is 31.3 Å². The minimum Gasteiger partial charge on any atom is -0.335 e. The van der Waals surface area contributed by atoms with Crippen LogP contribution in [-0.4, -0.2) is 17.9 Å². The van der Waals surface area contributed by atoms with Gasteiger partial charge in [-0.15, -0.1) is 0 Å². The lowest BCUT2D eigenvalue weighted by atomic mass is 9.96. The van der Waals surface area contributed by atoms with Crippen LogP contribution in [0.1, 0.15) is 55.7 Å². The number of rotatable bonds is 6. The second kappa shape index (κ2) is 8.68. The number of carbonyl (C=O) groups excluding carboxylic acids is 1. The number of nitrogens with zero attached hydrogens (tertiary/aromatic N) is 1. The number of amides is 1. The Morgan fingerprint density at radius 2 is 1.62 bits per heavy atom. The van der Waals surface area contributed by atoms with Crippen LogP contribution in [0.2, 0.25) is 5.02 Å². The Morgan fingerprint density at radius 3 is 2.19 bits per heavy atom. The molecule has 138 valence electrons. The van der Waals surface area contributed by atoms with E-state index in [0.29, 0.717) is 17.4 Å². The average molecular weight is 374 g/mol. The molecule has 0 saturated heterocycles. The van der Waals surface area contributed by atoms with Crippen LogP contribution in [0.3, 0.4) is 0 Å². The quantitative estimate of drug-likeness (QED) is 0.608. The highest BCUT2D eigenvalue weighted by Crippen LogP contribution is 2.32. The Bertz CT molecular complexity index is 677. The fourth-order valence-electron chi connectivity index (χ4n) is 3.88. The van der Waals surface area contributed by atoms with E-state index >= 15 is 0 Å². The van der Waals surface area contributed by atoms with Gasteiger partial charge >= 0.3 is 0 Å². The molecule has 1 aliphatic carbocycles. The number of hydrogen-bond acceptors (Lipinski definition) is 1. The van der Waals surface area contributed by atoms with Crippen LogP contribution in [0.25, 0.3) is 0 Å². The molecular formula is C22H25ClFNO. The van der Waals surface area contributed by atoms with Crippen molar-refractivity contribution in [2.75, 3.05) is 7.05 Å². The number of carbonyl (C=O) groups is 1. The average Bonchev–Trinajstić information content (AvgIpc) is 3.16. The lowest BCUT2D eigenvalue weighted by Gasteiger charge is -2.30. The zero-order chi connectivity index (χ0) is 18.5. The molecule has 2 aromatic rings. The van der Waals surface area contributed by atoms with Gasteiger partial charge in [-0.1, -0.05) is 61.5 Å². The summed E-state index contributed by atoms with van der Waals surface area (Å²) in [7, 11) is 1.83. The molecule has 0 aliphatic heterocycles. The first-order valence-corrected chi connectivity index (χ1v) is 9.69. The molecule has 3 rings (SSSR count). The minimum absolute atomic E-state index is 0.126. The van der Waals surface area contributed by atoms with E-state index in [1.54, 1.807) is 17.0 Å². The first kappa shape index (κ1) is 18.9. The molecule has 0 bridgehead atoms. The van der Waals surface area contributed by atoms with Gasteiger partial charge < -0.3 is 4.90 Å². The topological polar surface area (TPSA) is 20.3 Å². The maximum absolute atomic E-state index is 13.4. The predicted octanol–water partition coefficient (Wildman–Crippen LogP) is 6.00. The van der Waals surface area contributed by atoms with Crippen LogP contribution in [0.5, 0.6) is 0 Å². The zero-order valence-electron chi connectivity index (χ0n) is 15.1. The molecule has 1 aliphatic rings. The van der Waals surface area contributed by atoms with E-state index in [4.69, 9.17) is 11.6 Å². The first-order valence-electron chi connectivity index (χ1n) is 9.31. The molecule has 1 unspecified atom stereocenters. The number of benzene rings is 2. The lowest BCUT2D eigenvalue weighted by Crippen LogP contribution is -2.32. The van der Waals surface area contributed by atoms with Crippen molar-refractivity contribution in [1.82, 2.24) is 4.90 Å². The third-order valence-corrected chi connectivity index (χ3v) is 5.65. The van der Waals surface area contributed by atoms with E-state index in [9.17, 15) is 9.18 Å². The third kappa shape index (κ3) is 4.64. The van der Waals surface area contributed by atoms with Crippen molar-refractivity contribution in [1.29, 1.82) is 0 Å². The maximum atomic E-state index is 13.4. The van der Waals surface area contributed by atoms with Gasteiger partial charge in [0.2, 0.25) is 5.91 Å². The highest BCUT2D eigenvalue weighted by Gasteiger charge is 2.25. The van der Waals surface area contributed by atoms with Gasteiger partial charge in [-0.2, -0.15) is 0 Å². The summed E-state index contributed by atoms with van der Waals surface area (Å²) < 4.78 is 13.4. The molecule has 1 saturated carbocycles. The van der Waals surface area contributed by atoms with Crippen LogP contribution < -0.4 is 0 Å². The van der Waals surface area contributed by atoms with E-state index in [1.165, 1.54) is 37.8 Å². The molecule has 2 nitrogen and oxygen atoms in total. The summed E-state index contributed by atoms with van der Waals surface area (Å²) in [6.45, 7) is 0. The molecule has 1 atom stereocenters. The molecule has 0 radical (unpaired) electrons. The van der Waals surface area contributed by atoms with E-state index in [0.717, 1.165) is 17.5 Å². The van der Waals surface area contributed by atoms with Crippen molar-refractivity contribution in [3.63, 3.8) is 0 Å². The largest absolute Gasteiger partial charge is 0.335 e. The monoisotopic (exact) mass is 373 g/mol. The number of hydrogen-bond donors (Lipinski definition) is 0. The van der Waals surface area contributed by atoms with E-state index < -0.39 is 0 Å². The van der Waals surface area contributed by atoms with Crippen LogP contribution in [0, 0.1) is 11.7 Å². The smallest absolute Gasteiger partial charge is 0.223 e. The summed E-state index contributed by atoms with van der Waals surface area (Å²) in [5.41, 5.74) is 1.86. The molecule has 0 aromatic heterocycles. The first-order chi connectivity index (χ1) is 12.5. The SMILES string of the molecule is CN(C(=O)CCC1CCCC1)C(c1ccc(F)cc1)c1ccc(Cl)cc1. The van der Waals surface area contributed by atoms with Crippen LogP contribution in [0.4, 0.5) is 4.39 Å². The van der Waals surface area contributed by atoms with Gasteiger partial charge in [-0.25, -0.2) is 4.39 Å². The van der Waals surface area contributed by atoms with Gasteiger partial charge in [0, 0.05) is 18.5 Å². The predicted molar refractivity (Wildman–Crippen MR) is 104 cm³/mol. The fourth-order valence-corrected chi connectivity index (χ4v) is 4.00. The summed E-state index contributed by atoms with van der Waals surface area (Å²) in [6.07, 6.45) is 6.59. The molecule has 0 heterocycles. The van der Waals surface area contributed by atoms with Gasteiger partial charge in [-0.3, -0.25) is 4.79 Å². The molecule has 1 fully saturated rings. The summed E-state index contributed by atoms with van der Waals surface area (Å²) in [6, 6.07) is 13.6. The normalized spacial score (nSPS) is 15.8. The van der Waals surface area contributed by atoms with Crippen molar-refractivity contribution in [2.45, 2.75) is 44.6 Å². The molecule has 4 heteroatoms. The van der Waals surface area contributed by atoms with Gasteiger partial charge in [-0.05, 0) is 47.7 Å².